The van der Waals surface area contributed by atoms with Gasteiger partial charge in [-0.25, -0.2) is 9.97 Å². The smallest absolute Gasteiger partial charge is 0.253 e. The van der Waals surface area contributed by atoms with Crippen LogP contribution in [-0.2, 0) is 0 Å². The predicted molar refractivity (Wildman–Crippen MR) is 122 cm³/mol. The molecule has 0 spiro atoms. The highest BCUT2D eigenvalue weighted by atomic mass is 16.5. The largest absolute Gasteiger partial charge is 0.356 e. The molecular formula is C25H31N5O2. The van der Waals surface area contributed by atoms with Crippen molar-refractivity contribution < 1.29 is 9.32 Å². The summed E-state index contributed by atoms with van der Waals surface area (Å²) in [5.41, 5.74) is 4.26. The Labute approximate surface area is 189 Å². The fourth-order valence-electron chi connectivity index (χ4n) is 4.38. The molecule has 0 aliphatic heterocycles. The van der Waals surface area contributed by atoms with E-state index in [9.17, 15) is 4.79 Å². The number of amides is 1. The second-order valence-electron chi connectivity index (χ2n) is 9.08. The zero-order chi connectivity index (χ0) is 22.7. The van der Waals surface area contributed by atoms with Crippen molar-refractivity contribution in [2.24, 2.45) is 5.92 Å². The molecule has 0 radical (unpaired) electrons. The third-order valence-corrected chi connectivity index (χ3v) is 6.28. The summed E-state index contributed by atoms with van der Waals surface area (Å²) in [5, 5.41) is 7.15. The van der Waals surface area contributed by atoms with Gasteiger partial charge in [-0.15, -0.1) is 0 Å². The Balaban J connectivity index is 1.43. The first-order valence-corrected chi connectivity index (χ1v) is 11.4. The quantitative estimate of drug-likeness (QED) is 0.590. The number of hydrogen-bond acceptors (Lipinski definition) is 6. The van der Waals surface area contributed by atoms with Crippen LogP contribution in [0.1, 0.15) is 84.6 Å². The van der Waals surface area contributed by atoms with Gasteiger partial charge in [0.25, 0.3) is 5.91 Å². The number of carbonyl (C=O) groups is 1. The lowest BCUT2D eigenvalue weighted by atomic mass is 9.79. The third kappa shape index (κ3) is 4.87. The van der Waals surface area contributed by atoms with Crippen LogP contribution in [0.4, 0.5) is 0 Å². The summed E-state index contributed by atoms with van der Waals surface area (Å²) < 4.78 is 5.54. The Hall–Kier alpha value is -3.09. The Morgan fingerprint density at radius 2 is 1.97 bits per heavy atom. The lowest BCUT2D eigenvalue weighted by molar-refractivity contribution is 0.0941. The number of carbonyl (C=O) groups excluding carboxylic acids is 1. The lowest BCUT2D eigenvalue weighted by Gasteiger charge is -2.29. The summed E-state index contributed by atoms with van der Waals surface area (Å²) in [5.74, 6) is 2.63. The van der Waals surface area contributed by atoms with Gasteiger partial charge in [-0.1, -0.05) is 19.0 Å². The minimum absolute atomic E-state index is 0.0434. The van der Waals surface area contributed by atoms with Gasteiger partial charge in [0.1, 0.15) is 5.82 Å². The van der Waals surface area contributed by atoms with Crippen molar-refractivity contribution in [2.45, 2.75) is 65.2 Å². The Morgan fingerprint density at radius 3 is 2.62 bits per heavy atom. The maximum atomic E-state index is 12.5. The van der Waals surface area contributed by atoms with Crippen LogP contribution in [0.3, 0.4) is 0 Å². The van der Waals surface area contributed by atoms with E-state index in [2.05, 4.69) is 34.3 Å². The molecule has 1 fully saturated rings. The lowest BCUT2D eigenvalue weighted by Crippen LogP contribution is -2.31. The van der Waals surface area contributed by atoms with Crippen LogP contribution in [-0.4, -0.2) is 32.6 Å². The molecule has 0 unspecified atom stereocenters. The molecule has 7 heteroatoms. The van der Waals surface area contributed by atoms with Gasteiger partial charge < -0.3 is 9.84 Å². The first-order chi connectivity index (χ1) is 15.4. The fraction of sp³-hybridized carbons (Fsp3) is 0.480. The Bertz CT molecular complexity index is 1080. The molecule has 0 aromatic carbocycles. The van der Waals surface area contributed by atoms with Crippen molar-refractivity contribution in [2.75, 3.05) is 6.54 Å². The zero-order valence-electron chi connectivity index (χ0n) is 19.3. The van der Waals surface area contributed by atoms with Gasteiger partial charge in [0.05, 0.1) is 22.5 Å². The molecule has 0 saturated heterocycles. The molecule has 1 aliphatic carbocycles. The summed E-state index contributed by atoms with van der Waals surface area (Å²) in [6.07, 6.45) is 7.75. The van der Waals surface area contributed by atoms with Crippen LogP contribution in [0.5, 0.6) is 0 Å². The van der Waals surface area contributed by atoms with Crippen molar-refractivity contribution in [1.82, 2.24) is 25.4 Å². The van der Waals surface area contributed by atoms with E-state index in [0.717, 1.165) is 59.9 Å². The number of aromatic nitrogens is 4. The van der Waals surface area contributed by atoms with Gasteiger partial charge in [0, 0.05) is 42.5 Å². The van der Waals surface area contributed by atoms with Crippen LogP contribution < -0.4 is 5.32 Å². The van der Waals surface area contributed by atoms with E-state index < -0.39 is 0 Å². The normalized spacial score (nSPS) is 18.7. The number of rotatable bonds is 6. The van der Waals surface area contributed by atoms with E-state index >= 15 is 0 Å². The second-order valence-corrected chi connectivity index (χ2v) is 9.08. The molecular weight excluding hydrogens is 402 g/mol. The fourth-order valence-corrected chi connectivity index (χ4v) is 4.38. The van der Waals surface area contributed by atoms with Gasteiger partial charge in [0.2, 0.25) is 0 Å². The van der Waals surface area contributed by atoms with Crippen LogP contribution in [0.2, 0.25) is 0 Å². The van der Waals surface area contributed by atoms with Crippen molar-refractivity contribution in [3.8, 4) is 11.3 Å². The van der Waals surface area contributed by atoms with Crippen LogP contribution in [0, 0.1) is 19.8 Å². The maximum absolute atomic E-state index is 12.5. The Kier molecular flexibility index (Phi) is 6.63. The number of aryl methyl sites for hydroxylation is 2. The molecule has 4 rings (SSSR count). The second kappa shape index (κ2) is 9.59. The highest BCUT2D eigenvalue weighted by molar-refractivity contribution is 5.95. The van der Waals surface area contributed by atoms with E-state index in [1.165, 1.54) is 0 Å². The van der Waals surface area contributed by atoms with Crippen molar-refractivity contribution in [1.29, 1.82) is 0 Å². The molecule has 0 atom stereocenters. The minimum atomic E-state index is -0.0434. The van der Waals surface area contributed by atoms with Crippen molar-refractivity contribution >= 4 is 5.91 Å². The van der Waals surface area contributed by atoms with Crippen LogP contribution in [0.25, 0.3) is 11.3 Å². The highest BCUT2D eigenvalue weighted by Crippen LogP contribution is 2.39. The predicted octanol–water partition coefficient (Wildman–Crippen LogP) is 4.97. The van der Waals surface area contributed by atoms with Crippen LogP contribution >= 0.6 is 0 Å². The Morgan fingerprint density at radius 1 is 1.19 bits per heavy atom. The zero-order valence-corrected chi connectivity index (χ0v) is 19.3. The number of nitrogens with one attached hydrogen (secondary N) is 1. The van der Waals surface area contributed by atoms with Gasteiger partial charge in [0.15, 0.2) is 5.76 Å². The maximum Gasteiger partial charge on any atom is 0.253 e. The molecule has 1 N–H and O–H groups in total. The van der Waals surface area contributed by atoms with Gasteiger partial charge in [-0.3, -0.25) is 9.78 Å². The molecule has 3 aromatic rings. The molecule has 168 valence electrons. The van der Waals surface area contributed by atoms with Crippen molar-refractivity contribution in [3.05, 3.63) is 59.1 Å². The number of hydrogen-bond donors (Lipinski definition) is 1. The van der Waals surface area contributed by atoms with E-state index in [1.54, 1.807) is 12.3 Å². The first-order valence-electron chi connectivity index (χ1n) is 11.4. The SMILES string of the molecule is Cc1cc(-c2cnc(C(C)C)nc2C2CCC(CNC(=O)c3cccnc3C)CC2)on1. The molecule has 0 bridgehead atoms. The highest BCUT2D eigenvalue weighted by Gasteiger charge is 2.28. The summed E-state index contributed by atoms with van der Waals surface area (Å²) >= 11 is 0. The first kappa shape index (κ1) is 22.1. The van der Waals surface area contributed by atoms with Gasteiger partial charge in [-0.2, -0.15) is 0 Å². The molecule has 1 saturated carbocycles. The van der Waals surface area contributed by atoms with Crippen LogP contribution in [0.15, 0.2) is 35.1 Å². The average molecular weight is 434 g/mol. The third-order valence-electron chi connectivity index (χ3n) is 6.28. The summed E-state index contributed by atoms with van der Waals surface area (Å²) in [4.78, 5) is 26.2. The van der Waals surface area contributed by atoms with E-state index in [-0.39, 0.29) is 11.8 Å². The summed E-state index contributed by atoms with van der Waals surface area (Å²) in [6, 6.07) is 5.56. The standard InChI is InChI=1S/C25H31N5O2/c1-15(2)24-27-14-21(22-12-16(3)30-32-22)23(29-24)19-9-7-18(8-10-19)13-28-25(31)20-6-5-11-26-17(20)4/h5-6,11-12,14-15,18-19H,7-10,13H2,1-4H3,(H,28,31). The molecule has 1 aliphatic rings. The van der Waals surface area contributed by atoms with E-state index in [1.807, 2.05) is 32.2 Å². The van der Waals surface area contributed by atoms with Gasteiger partial charge in [-0.05, 0) is 57.6 Å². The van der Waals surface area contributed by atoms with Gasteiger partial charge >= 0.3 is 0 Å². The average Bonchev–Trinajstić information content (AvgIpc) is 3.23. The monoisotopic (exact) mass is 433 g/mol. The van der Waals surface area contributed by atoms with E-state index in [0.29, 0.717) is 23.9 Å². The number of nitrogens with zero attached hydrogens (tertiary/aromatic N) is 4. The minimum Gasteiger partial charge on any atom is -0.356 e. The van der Waals surface area contributed by atoms with Crippen molar-refractivity contribution in [3.63, 3.8) is 0 Å². The molecule has 1 amide bonds. The molecule has 3 heterocycles. The topological polar surface area (TPSA) is 93.8 Å². The summed E-state index contributed by atoms with van der Waals surface area (Å²) in [7, 11) is 0. The number of pyridine rings is 1. The molecule has 32 heavy (non-hydrogen) atoms. The van der Waals surface area contributed by atoms with E-state index in [4.69, 9.17) is 9.51 Å². The summed E-state index contributed by atoms with van der Waals surface area (Å²) in [6.45, 7) is 8.69. The molecule has 3 aromatic heterocycles. The molecule has 7 nitrogen and oxygen atoms in total.